The van der Waals surface area contributed by atoms with Gasteiger partial charge in [0.2, 0.25) is 4.34 Å². The Morgan fingerprint density at radius 2 is 2.14 bits per heavy atom. The van der Waals surface area contributed by atoms with Gasteiger partial charge in [0.05, 0.1) is 22.3 Å². The molecule has 2 aliphatic rings. The van der Waals surface area contributed by atoms with Crippen molar-refractivity contribution in [3.63, 3.8) is 0 Å². The third-order valence-corrected chi connectivity index (χ3v) is 8.45. The highest BCUT2D eigenvalue weighted by molar-refractivity contribution is 7.93. The number of nitrogens with one attached hydrogen (secondary N) is 1. The van der Waals surface area contributed by atoms with Crippen molar-refractivity contribution in [2.24, 2.45) is 9.50 Å². The molecule has 0 aliphatic heterocycles. The topological polar surface area (TPSA) is 138 Å². The molecule has 1 aromatic carbocycles. The van der Waals surface area contributed by atoms with Gasteiger partial charge < -0.3 is 15.5 Å². The summed E-state index contributed by atoms with van der Waals surface area (Å²) < 4.78 is 16.5. The fourth-order valence-corrected chi connectivity index (χ4v) is 6.04. The number of nitrogens with zero attached hydrogens (tertiary/aromatic N) is 2. The number of aliphatic hydroxyl groups is 2. The number of thiazole rings is 1. The first-order chi connectivity index (χ1) is 13.6. The second-order valence-corrected chi connectivity index (χ2v) is 11.0. The molecule has 0 fully saturated rings. The molecule has 1 aromatic heterocycles. The molecule has 0 saturated carbocycles. The molecule has 1 heterocycles. The van der Waals surface area contributed by atoms with Gasteiger partial charge >= 0.3 is 6.03 Å². The van der Waals surface area contributed by atoms with Gasteiger partial charge in [-0.1, -0.05) is 6.07 Å². The second-order valence-electron chi connectivity index (χ2n) is 8.01. The van der Waals surface area contributed by atoms with E-state index in [0.717, 1.165) is 53.7 Å². The molecule has 2 aromatic rings. The van der Waals surface area contributed by atoms with Gasteiger partial charge in [0, 0.05) is 11.8 Å². The molecule has 0 bridgehead atoms. The maximum absolute atomic E-state index is 12.8. The van der Waals surface area contributed by atoms with Crippen LogP contribution < -0.4 is 10.5 Å². The van der Waals surface area contributed by atoms with Crippen molar-refractivity contribution >= 4 is 33.0 Å². The predicted molar refractivity (Wildman–Crippen MR) is 111 cm³/mol. The van der Waals surface area contributed by atoms with Crippen LogP contribution in [0.1, 0.15) is 59.9 Å². The van der Waals surface area contributed by atoms with Gasteiger partial charge in [0.25, 0.3) is 0 Å². The molecule has 0 spiro atoms. The van der Waals surface area contributed by atoms with Gasteiger partial charge in [-0.05, 0) is 62.6 Å². The molecule has 10 heteroatoms. The van der Waals surface area contributed by atoms with Crippen molar-refractivity contribution in [1.82, 2.24) is 4.98 Å². The number of aryl methyl sites for hydroxylation is 2. The minimum atomic E-state index is -3.56. The fraction of sp³-hybridized carbons (Fsp3) is 0.474. The largest absolute Gasteiger partial charge is 0.388 e. The number of carbonyl (C=O) groups excluding carboxylic acids is 1. The molecule has 29 heavy (non-hydrogen) atoms. The number of aromatic nitrogens is 1. The number of carbonyl (C=O) groups is 1. The van der Waals surface area contributed by atoms with Crippen LogP contribution in [0.5, 0.6) is 0 Å². The van der Waals surface area contributed by atoms with E-state index < -0.39 is 27.7 Å². The second kappa shape index (κ2) is 7.13. The lowest BCUT2D eigenvalue weighted by atomic mass is 9.98. The summed E-state index contributed by atoms with van der Waals surface area (Å²) in [6.45, 7) is 3.16. The molecule has 0 radical (unpaired) electrons. The van der Waals surface area contributed by atoms with E-state index in [9.17, 15) is 19.2 Å². The molecule has 156 valence electrons. The standard InChI is InChI=1S/C19H24N4O4S2/c1-19(2,26)14-9-21-18(28-14)29(20,27)23-17(25)22-16-12-5-3-4-10(12)8-11-6-7-13(24)15(11)16/h8-9,13,24,26H,3-7H2,1-2H3,(H3,20,22,23,25,27)/t13-,29?/m0/s1. The number of nitrogens with two attached hydrogens (primary N) is 1. The number of benzene rings is 1. The molecule has 4 rings (SSSR count). The lowest BCUT2D eigenvalue weighted by molar-refractivity contribution is 0.0823. The van der Waals surface area contributed by atoms with Crippen molar-refractivity contribution < 1.29 is 19.2 Å². The van der Waals surface area contributed by atoms with E-state index in [1.165, 1.54) is 11.8 Å². The molecule has 1 unspecified atom stereocenters. The zero-order chi connectivity index (χ0) is 21.0. The van der Waals surface area contributed by atoms with Gasteiger partial charge in [0.1, 0.15) is 0 Å². The van der Waals surface area contributed by atoms with E-state index in [1.54, 1.807) is 13.8 Å². The summed E-state index contributed by atoms with van der Waals surface area (Å²) in [5.74, 6) is 0. The van der Waals surface area contributed by atoms with Crippen molar-refractivity contribution in [2.45, 2.75) is 62.0 Å². The van der Waals surface area contributed by atoms with E-state index in [1.807, 2.05) is 0 Å². The number of anilines is 1. The van der Waals surface area contributed by atoms with Crippen LogP contribution in [0.4, 0.5) is 10.5 Å². The van der Waals surface area contributed by atoms with E-state index >= 15 is 0 Å². The Hall–Kier alpha value is -1.85. The van der Waals surface area contributed by atoms with Gasteiger partial charge in [-0.25, -0.2) is 19.1 Å². The summed E-state index contributed by atoms with van der Waals surface area (Å²) in [6.07, 6.45) is 4.85. The highest BCUT2D eigenvalue weighted by Crippen LogP contribution is 2.43. The zero-order valence-corrected chi connectivity index (χ0v) is 17.9. The van der Waals surface area contributed by atoms with Crippen LogP contribution in [0.2, 0.25) is 0 Å². The van der Waals surface area contributed by atoms with Crippen molar-refractivity contribution in [2.75, 3.05) is 5.32 Å². The highest BCUT2D eigenvalue weighted by Gasteiger charge is 2.30. The zero-order valence-electron chi connectivity index (χ0n) is 16.3. The molecule has 0 saturated heterocycles. The monoisotopic (exact) mass is 436 g/mol. The number of urea groups is 1. The van der Waals surface area contributed by atoms with Crippen molar-refractivity contribution in [3.8, 4) is 0 Å². The van der Waals surface area contributed by atoms with Crippen LogP contribution in [-0.4, -0.2) is 25.4 Å². The number of fused-ring (bicyclic) bond motifs is 2. The average Bonchev–Trinajstić information content (AvgIpc) is 3.33. The normalized spacial score (nSPS) is 20.1. The average molecular weight is 437 g/mol. The van der Waals surface area contributed by atoms with E-state index in [-0.39, 0.29) is 4.34 Å². The Labute approximate surface area is 173 Å². The Balaban J connectivity index is 1.67. The Kier molecular flexibility index (Phi) is 5.02. The summed E-state index contributed by atoms with van der Waals surface area (Å²) in [5, 5.41) is 29.0. The first kappa shape index (κ1) is 20.4. The quantitative estimate of drug-likeness (QED) is 0.586. The SMILES string of the molecule is CC(C)(O)c1cnc(S(N)(=O)=NC(=O)Nc2c3c(cc4c2[C@@H](O)CC4)CCC3)s1. The molecular weight excluding hydrogens is 412 g/mol. The number of aliphatic hydroxyl groups excluding tert-OH is 1. The molecular formula is C19H24N4O4S2. The third-order valence-electron chi connectivity index (χ3n) is 5.33. The van der Waals surface area contributed by atoms with Gasteiger partial charge in [0.15, 0.2) is 9.92 Å². The summed E-state index contributed by atoms with van der Waals surface area (Å²) in [4.78, 5) is 17.1. The van der Waals surface area contributed by atoms with Crippen LogP contribution in [0.15, 0.2) is 21.0 Å². The first-order valence-corrected chi connectivity index (χ1v) is 11.9. The lowest BCUT2D eigenvalue weighted by Gasteiger charge is -2.17. The fourth-order valence-electron chi connectivity index (χ4n) is 3.96. The van der Waals surface area contributed by atoms with E-state index in [4.69, 9.17) is 5.14 Å². The highest BCUT2D eigenvalue weighted by atomic mass is 32.2. The smallest absolute Gasteiger partial charge is 0.354 e. The Morgan fingerprint density at radius 1 is 1.38 bits per heavy atom. The van der Waals surface area contributed by atoms with Crippen LogP contribution in [0.3, 0.4) is 0 Å². The van der Waals surface area contributed by atoms with Gasteiger partial charge in [-0.2, -0.15) is 0 Å². The first-order valence-electron chi connectivity index (χ1n) is 9.46. The predicted octanol–water partition coefficient (Wildman–Crippen LogP) is 2.77. The number of hydrogen-bond acceptors (Lipinski definition) is 6. The van der Waals surface area contributed by atoms with Crippen molar-refractivity contribution in [3.05, 3.63) is 39.4 Å². The maximum atomic E-state index is 12.8. The summed E-state index contributed by atoms with van der Waals surface area (Å²) in [7, 11) is -3.56. The van der Waals surface area contributed by atoms with Crippen LogP contribution in [-0.2, 0) is 34.8 Å². The third kappa shape index (κ3) is 3.82. The molecule has 8 nitrogen and oxygen atoms in total. The summed E-state index contributed by atoms with van der Waals surface area (Å²) in [5.41, 5.74) is 3.38. The molecule has 2 atom stereocenters. The lowest BCUT2D eigenvalue weighted by Crippen LogP contribution is -2.19. The van der Waals surface area contributed by atoms with Crippen LogP contribution in [0.25, 0.3) is 0 Å². The van der Waals surface area contributed by atoms with E-state index in [0.29, 0.717) is 17.0 Å². The van der Waals surface area contributed by atoms with Crippen molar-refractivity contribution in [1.29, 1.82) is 0 Å². The molecule has 2 aliphatic carbocycles. The van der Waals surface area contributed by atoms with Crippen LogP contribution in [0, 0.1) is 0 Å². The van der Waals surface area contributed by atoms with Gasteiger partial charge in [-0.3, -0.25) is 0 Å². The molecule has 2 amide bonds. The summed E-state index contributed by atoms with van der Waals surface area (Å²) in [6, 6.07) is 1.29. The number of hydrogen-bond donors (Lipinski definition) is 4. The minimum absolute atomic E-state index is 0.0201. The number of amides is 2. The number of rotatable bonds is 3. The Bertz CT molecular complexity index is 1110. The maximum Gasteiger partial charge on any atom is 0.354 e. The van der Waals surface area contributed by atoms with E-state index in [2.05, 4.69) is 20.7 Å². The Morgan fingerprint density at radius 3 is 2.83 bits per heavy atom. The minimum Gasteiger partial charge on any atom is -0.388 e. The van der Waals surface area contributed by atoms with Crippen LogP contribution >= 0.6 is 11.3 Å². The molecule has 5 N–H and O–H groups in total. The summed E-state index contributed by atoms with van der Waals surface area (Å²) >= 11 is 0.960. The van der Waals surface area contributed by atoms with Gasteiger partial charge in [-0.15, -0.1) is 15.7 Å².